The first-order valence-electron chi connectivity index (χ1n) is 7.85. The third kappa shape index (κ3) is 6.68. The second-order valence-corrected chi connectivity index (χ2v) is 5.39. The molecule has 2 atom stereocenters. The van der Waals surface area contributed by atoms with E-state index >= 15 is 0 Å². The van der Waals surface area contributed by atoms with Gasteiger partial charge < -0.3 is 19.5 Å². The van der Waals surface area contributed by atoms with Crippen molar-refractivity contribution < 1.29 is 19.0 Å². The van der Waals surface area contributed by atoms with Crippen LogP contribution in [0.15, 0.2) is 30.3 Å². The Morgan fingerprint density at radius 3 is 2.91 bits per heavy atom. The van der Waals surface area contributed by atoms with E-state index in [1.54, 1.807) is 0 Å². The summed E-state index contributed by atoms with van der Waals surface area (Å²) in [5.41, 5.74) is 0.909. The number of amides is 1. The topological polar surface area (TPSA) is 80.6 Å². The van der Waals surface area contributed by atoms with E-state index in [4.69, 9.17) is 19.5 Å². The van der Waals surface area contributed by atoms with Crippen molar-refractivity contribution in [2.75, 3.05) is 13.2 Å². The van der Waals surface area contributed by atoms with Gasteiger partial charge in [-0.15, -0.1) is 0 Å². The highest BCUT2D eigenvalue weighted by molar-refractivity contribution is 5.67. The molecule has 1 heterocycles. The molecule has 0 spiro atoms. The van der Waals surface area contributed by atoms with Crippen molar-refractivity contribution >= 4 is 6.09 Å². The van der Waals surface area contributed by atoms with Crippen molar-refractivity contribution in [2.24, 2.45) is 0 Å². The molecule has 1 aliphatic rings. The maximum absolute atomic E-state index is 11.8. The minimum absolute atomic E-state index is 0.160. The van der Waals surface area contributed by atoms with E-state index in [0.29, 0.717) is 6.61 Å². The van der Waals surface area contributed by atoms with E-state index in [1.807, 2.05) is 36.4 Å². The van der Waals surface area contributed by atoms with Crippen LogP contribution >= 0.6 is 0 Å². The number of nitriles is 1. The zero-order valence-electron chi connectivity index (χ0n) is 13.1. The molecule has 1 aromatic carbocycles. The number of ether oxygens (including phenoxy) is 3. The number of carbonyl (C=O) groups excluding carboxylic acids is 1. The summed E-state index contributed by atoms with van der Waals surface area (Å²) >= 11 is 0. The third-order valence-corrected chi connectivity index (χ3v) is 3.49. The standard InChI is InChI=1S/C17H22N2O4/c18-10-9-15(13-22-16-8-4-5-11-21-16)19-17(20)23-12-14-6-2-1-3-7-14/h1-3,6-7,15-16H,4-5,8-9,11-13H2,(H,19,20)/t15-,16-/m0/s1. The maximum atomic E-state index is 11.8. The summed E-state index contributed by atoms with van der Waals surface area (Å²) in [5.74, 6) is 0. The Morgan fingerprint density at radius 1 is 1.39 bits per heavy atom. The summed E-state index contributed by atoms with van der Waals surface area (Å²) in [5, 5.41) is 11.5. The molecule has 23 heavy (non-hydrogen) atoms. The number of hydrogen-bond donors (Lipinski definition) is 1. The first kappa shape index (κ1) is 17.3. The van der Waals surface area contributed by atoms with Crippen molar-refractivity contribution in [3.8, 4) is 6.07 Å². The van der Waals surface area contributed by atoms with Gasteiger partial charge in [0.15, 0.2) is 6.29 Å². The van der Waals surface area contributed by atoms with Gasteiger partial charge in [0.25, 0.3) is 0 Å². The molecular formula is C17H22N2O4. The van der Waals surface area contributed by atoms with Crippen LogP contribution < -0.4 is 5.32 Å². The van der Waals surface area contributed by atoms with Crippen molar-refractivity contribution in [1.82, 2.24) is 5.32 Å². The summed E-state index contributed by atoms with van der Waals surface area (Å²) in [6, 6.07) is 11.1. The van der Waals surface area contributed by atoms with E-state index in [1.165, 1.54) is 0 Å². The van der Waals surface area contributed by atoms with Crippen LogP contribution in [0.3, 0.4) is 0 Å². The molecule has 0 unspecified atom stereocenters. The summed E-state index contributed by atoms with van der Waals surface area (Å²) in [6.45, 7) is 1.12. The van der Waals surface area contributed by atoms with Gasteiger partial charge in [0.05, 0.1) is 25.1 Å². The van der Waals surface area contributed by atoms with Crippen molar-refractivity contribution in [2.45, 2.75) is 44.6 Å². The number of nitrogens with zero attached hydrogens (tertiary/aromatic N) is 1. The van der Waals surface area contributed by atoms with E-state index < -0.39 is 12.1 Å². The zero-order chi connectivity index (χ0) is 16.3. The molecule has 0 aromatic heterocycles. The van der Waals surface area contributed by atoms with Crippen LogP contribution in [0.1, 0.15) is 31.2 Å². The van der Waals surface area contributed by atoms with E-state index in [9.17, 15) is 4.79 Å². The number of carbonyl (C=O) groups is 1. The van der Waals surface area contributed by atoms with Gasteiger partial charge in [0, 0.05) is 6.61 Å². The SMILES string of the molecule is N#CC[C@@H](CO[C@H]1CCCCO1)NC(=O)OCc1ccccc1. The second kappa shape index (κ2) is 9.82. The molecule has 1 aliphatic heterocycles. The van der Waals surface area contributed by atoms with Gasteiger partial charge in [-0.25, -0.2) is 4.79 Å². The average molecular weight is 318 g/mol. The fourth-order valence-corrected chi connectivity index (χ4v) is 2.26. The molecule has 1 fully saturated rings. The molecule has 1 amide bonds. The number of rotatable bonds is 7. The van der Waals surface area contributed by atoms with Crippen LogP contribution in [0.4, 0.5) is 4.79 Å². The fourth-order valence-electron chi connectivity index (χ4n) is 2.26. The third-order valence-electron chi connectivity index (χ3n) is 3.49. The minimum Gasteiger partial charge on any atom is -0.445 e. The number of benzene rings is 1. The van der Waals surface area contributed by atoms with Gasteiger partial charge in [-0.1, -0.05) is 30.3 Å². The van der Waals surface area contributed by atoms with Crippen LogP contribution in [0.5, 0.6) is 0 Å². The lowest BCUT2D eigenvalue weighted by Crippen LogP contribution is -2.40. The Bertz CT molecular complexity index is 509. The first-order valence-corrected chi connectivity index (χ1v) is 7.85. The summed E-state index contributed by atoms with van der Waals surface area (Å²) < 4.78 is 16.2. The molecule has 6 heteroatoms. The quantitative estimate of drug-likeness (QED) is 0.836. The second-order valence-electron chi connectivity index (χ2n) is 5.39. The molecule has 0 bridgehead atoms. The summed E-state index contributed by atoms with van der Waals surface area (Å²) in [6.07, 6.45) is 2.32. The number of nitrogens with one attached hydrogen (secondary N) is 1. The van der Waals surface area contributed by atoms with E-state index in [0.717, 1.165) is 24.8 Å². The lowest BCUT2D eigenvalue weighted by atomic mass is 10.2. The summed E-state index contributed by atoms with van der Waals surface area (Å²) in [4.78, 5) is 11.8. The highest BCUT2D eigenvalue weighted by Crippen LogP contribution is 2.14. The molecule has 0 saturated carbocycles. The average Bonchev–Trinajstić information content (AvgIpc) is 2.60. The molecule has 1 saturated heterocycles. The largest absolute Gasteiger partial charge is 0.445 e. The highest BCUT2D eigenvalue weighted by Gasteiger charge is 2.18. The maximum Gasteiger partial charge on any atom is 0.407 e. The van der Waals surface area contributed by atoms with Crippen LogP contribution in [-0.4, -0.2) is 31.6 Å². The Kier molecular flexibility index (Phi) is 7.37. The first-order chi connectivity index (χ1) is 11.3. The van der Waals surface area contributed by atoms with Crippen LogP contribution in [0.25, 0.3) is 0 Å². The van der Waals surface area contributed by atoms with Crippen LogP contribution in [0, 0.1) is 11.3 Å². The fraction of sp³-hybridized carbons (Fsp3) is 0.529. The van der Waals surface area contributed by atoms with Gasteiger partial charge >= 0.3 is 6.09 Å². The van der Waals surface area contributed by atoms with E-state index in [-0.39, 0.29) is 25.9 Å². The Balaban J connectivity index is 1.71. The minimum atomic E-state index is -0.553. The normalized spacial score (nSPS) is 18.7. The molecular weight excluding hydrogens is 296 g/mol. The molecule has 1 N–H and O–H groups in total. The number of hydrogen-bond acceptors (Lipinski definition) is 5. The Hall–Kier alpha value is -2.10. The van der Waals surface area contributed by atoms with Gasteiger partial charge in [-0.3, -0.25) is 0 Å². The van der Waals surface area contributed by atoms with E-state index in [2.05, 4.69) is 5.32 Å². The van der Waals surface area contributed by atoms with Gasteiger partial charge in [-0.05, 0) is 24.8 Å². The Labute approximate surface area is 136 Å². The lowest BCUT2D eigenvalue weighted by molar-refractivity contribution is -0.165. The van der Waals surface area contributed by atoms with Gasteiger partial charge in [0.2, 0.25) is 0 Å². The smallest absolute Gasteiger partial charge is 0.407 e. The predicted molar refractivity (Wildman–Crippen MR) is 83.3 cm³/mol. The lowest BCUT2D eigenvalue weighted by Gasteiger charge is -2.25. The van der Waals surface area contributed by atoms with Crippen molar-refractivity contribution in [1.29, 1.82) is 5.26 Å². The van der Waals surface area contributed by atoms with Crippen molar-refractivity contribution in [3.05, 3.63) is 35.9 Å². The Morgan fingerprint density at radius 2 is 2.22 bits per heavy atom. The number of alkyl carbamates (subject to hydrolysis) is 1. The highest BCUT2D eigenvalue weighted by atomic mass is 16.7. The molecule has 0 radical (unpaired) electrons. The molecule has 2 rings (SSSR count). The van der Waals surface area contributed by atoms with Crippen LogP contribution in [-0.2, 0) is 20.8 Å². The predicted octanol–water partition coefficient (Wildman–Crippen LogP) is 2.74. The molecule has 1 aromatic rings. The molecule has 124 valence electrons. The molecule has 6 nitrogen and oxygen atoms in total. The van der Waals surface area contributed by atoms with Crippen molar-refractivity contribution in [3.63, 3.8) is 0 Å². The van der Waals surface area contributed by atoms with Gasteiger partial charge in [-0.2, -0.15) is 5.26 Å². The summed E-state index contributed by atoms with van der Waals surface area (Å²) in [7, 11) is 0. The zero-order valence-corrected chi connectivity index (χ0v) is 13.1. The molecule has 0 aliphatic carbocycles. The van der Waals surface area contributed by atoms with Gasteiger partial charge in [0.1, 0.15) is 6.61 Å². The monoisotopic (exact) mass is 318 g/mol. The van der Waals surface area contributed by atoms with Crippen LogP contribution in [0.2, 0.25) is 0 Å².